The molecule has 2 heterocycles. The zero-order valence-electron chi connectivity index (χ0n) is 10.8. The Bertz CT molecular complexity index is 399. The summed E-state index contributed by atoms with van der Waals surface area (Å²) in [6.07, 6.45) is 6.14. The molecule has 3 nitrogen and oxygen atoms in total. The van der Waals surface area contributed by atoms with Crippen molar-refractivity contribution < 1.29 is 9.47 Å². The van der Waals surface area contributed by atoms with Crippen molar-refractivity contribution in [2.45, 2.75) is 38.2 Å². The quantitative estimate of drug-likeness (QED) is 0.887. The van der Waals surface area contributed by atoms with Gasteiger partial charge in [0.1, 0.15) is 5.75 Å². The van der Waals surface area contributed by atoms with Gasteiger partial charge in [-0.05, 0) is 37.8 Å². The summed E-state index contributed by atoms with van der Waals surface area (Å²) in [5.41, 5.74) is 2.59. The standard InChI is InChI=1S/C15H21NO2/c1-6-14-13(5-2-9-16-14)15(7-1)18-11-8-12-4-3-10-17-12/h1,6-7,12,16H,2-5,8-11H2. The third kappa shape index (κ3) is 2.61. The molecular formula is C15H21NO2. The fourth-order valence-corrected chi connectivity index (χ4v) is 2.78. The van der Waals surface area contributed by atoms with E-state index < -0.39 is 0 Å². The number of hydrogen-bond acceptors (Lipinski definition) is 3. The predicted octanol–water partition coefficient (Wildman–Crippen LogP) is 2.99. The fourth-order valence-electron chi connectivity index (χ4n) is 2.78. The van der Waals surface area contributed by atoms with Crippen LogP contribution in [-0.2, 0) is 11.2 Å². The lowest BCUT2D eigenvalue weighted by Gasteiger charge is -2.21. The van der Waals surface area contributed by atoms with E-state index in [-0.39, 0.29) is 0 Å². The van der Waals surface area contributed by atoms with Crippen molar-refractivity contribution >= 4 is 5.69 Å². The van der Waals surface area contributed by atoms with E-state index >= 15 is 0 Å². The molecule has 2 aliphatic rings. The van der Waals surface area contributed by atoms with Crippen LogP contribution in [0.2, 0.25) is 0 Å². The molecule has 0 spiro atoms. The molecule has 1 atom stereocenters. The summed E-state index contributed by atoms with van der Waals surface area (Å²) >= 11 is 0. The zero-order valence-corrected chi connectivity index (χ0v) is 10.8. The Kier molecular flexibility index (Phi) is 3.69. The van der Waals surface area contributed by atoms with Gasteiger partial charge in [-0.15, -0.1) is 0 Å². The molecule has 1 aromatic carbocycles. The molecule has 0 aliphatic carbocycles. The molecule has 0 radical (unpaired) electrons. The normalized spacial score (nSPS) is 22.3. The first kappa shape index (κ1) is 11.8. The van der Waals surface area contributed by atoms with Gasteiger partial charge in [0.2, 0.25) is 0 Å². The summed E-state index contributed by atoms with van der Waals surface area (Å²) in [5.74, 6) is 1.05. The molecule has 1 N–H and O–H groups in total. The molecule has 18 heavy (non-hydrogen) atoms. The highest BCUT2D eigenvalue weighted by Crippen LogP contribution is 2.30. The molecule has 0 aromatic heterocycles. The van der Waals surface area contributed by atoms with E-state index in [9.17, 15) is 0 Å². The maximum Gasteiger partial charge on any atom is 0.124 e. The lowest BCUT2D eigenvalue weighted by Crippen LogP contribution is -2.15. The van der Waals surface area contributed by atoms with Crippen LogP contribution in [0.15, 0.2) is 18.2 Å². The van der Waals surface area contributed by atoms with Gasteiger partial charge in [-0.2, -0.15) is 0 Å². The van der Waals surface area contributed by atoms with Crippen molar-refractivity contribution in [1.82, 2.24) is 0 Å². The van der Waals surface area contributed by atoms with Crippen molar-refractivity contribution in [3.8, 4) is 5.75 Å². The van der Waals surface area contributed by atoms with E-state index in [0.717, 1.165) is 38.3 Å². The van der Waals surface area contributed by atoms with Crippen LogP contribution >= 0.6 is 0 Å². The smallest absolute Gasteiger partial charge is 0.124 e. The van der Waals surface area contributed by atoms with Gasteiger partial charge in [0.15, 0.2) is 0 Å². The molecule has 3 heteroatoms. The number of benzene rings is 1. The first-order valence-corrected chi connectivity index (χ1v) is 7.03. The second kappa shape index (κ2) is 5.61. The lowest BCUT2D eigenvalue weighted by atomic mass is 10.0. The highest BCUT2D eigenvalue weighted by Gasteiger charge is 2.16. The van der Waals surface area contributed by atoms with E-state index in [1.807, 2.05) is 0 Å². The Morgan fingerprint density at radius 3 is 3.22 bits per heavy atom. The van der Waals surface area contributed by atoms with Crippen LogP contribution in [0.25, 0.3) is 0 Å². The highest BCUT2D eigenvalue weighted by atomic mass is 16.5. The van der Waals surface area contributed by atoms with Crippen LogP contribution in [-0.4, -0.2) is 25.9 Å². The summed E-state index contributed by atoms with van der Waals surface area (Å²) in [6.45, 7) is 2.77. The van der Waals surface area contributed by atoms with Gasteiger partial charge in [-0.1, -0.05) is 6.07 Å². The minimum atomic E-state index is 0.419. The van der Waals surface area contributed by atoms with Crippen molar-refractivity contribution in [2.24, 2.45) is 0 Å². The van der Waals surface area contributed by atoms with Gasteiger partial charge in [-0.25, -0.2) is 0 Å². The predicted molar refractivity (Wildman–Crippen MR) is 72.3 cm³/mol. The van der Waals surface area contributed by atoms with E-state index in [4.69, 9.17) is 9.47 Å². The van der Waals surface area contributed by atoms with Gasteiger partial charge in [0.25, 0.3) is 0 Å². The van der Waals surface area contributed by atoms with E-state index in [2.05, 4.69) is 23.5 Å². The number of anilines is 1. The Hall–Kier alpha value is -1.22. The van der Waals surface area contributed by atoms with Crippen molar-refractivity contribution in [3.05, 3.63) is 23.8 Å². The summed E-state index contributed by atoms with van der Waals surface area (Å²) < 4.78 is 11.6. The number of fused-ring (bicyclic) bond motifs is 1. The molecule has 98 valence electrons. The summed E-state index contributed by atoms with van der Waals surface area (Å²) in [7, 11) is 0. The van der Waals surface area contributed by atoms with Crippen molar-refractivity contribution in [3.63, 3.8) is 0 Å². The number of ether oxygens (including phenoxy) is 2. The minimum absolute atomic E-state index is 0.419. The Morgan fingerprint density at radius 1 is 1.33 bits per heavy atom. The average Bonchev–Trinajstić information content (AvgIpc) is 2.92. The highest BCUT2D eigenvalue weighted by molar-refractivity contribution is 5.59. The maximum atomic E-state index is 5.95. The molecule has 1 saturated heterocycles. The molecule has 0 saturated carbocycles. The topological polar surface area (TPSA) is 30.5 Å². The zero-order chi connectivity index (χ0) is 12.2. The second-order valence-corrected chi connectivity index (χ2v) is 5.08. The first-order valence-electron chi connectivity index (χ1n) is 7.03. The van der Waals surface area contributed by atoms with E-state index in [0.29, 0.717) is 6.10 Å². The average molecular weight is 247 g/mol. The Labute approximate surface area is 108 Å². The van der Waals surface area contributed by atoms with Crippen LogP contribution in [0.5, 0.6) is 5.75 Å². The van der Waals surface area contributed by atoms with E-state index in [1.165, 1.54) is 30.5 Å². The number of nitrogens with one attached hydrogen (secondary N) is 1. The van der Waals surface area contributed by atoms with Crippen molar-refractivity contribution in [1.29, 1.82) is 0 Å². The molecule has 1 fully saturated rings. The number of rotatable bonds is 4. The van der Waals surface area contributed by atoms with Gasteiger partial charge in [-0.3, -0.25) is 0 Å². The lowest BCUT2D eigenvalue weighted by molar-refractivity contribution is 0.0902. The fraction of sp³-hybridized carbons (Fsp3) is 0.600. The molecule has 1 unspecified atom stereocenters. The monoisotopic (exact) mass is 247 g/mol. The third-order valence-corrected chi connectivity index (χ3v) is 3.77. The third-order valence-electron chi connectivity index (χ3n) is 3.77. The Morgan fingerprint density at radius 2 is 2.33 bits per heavy atom. The summed E-state index contributed by atoms with van der Waals surface area (Å²) in [4.78, 5) is 0. The van der Waals surface area contributed by atoms with Gasteiger partial charge < -0.3 is 14.8 Å². The SMILES string of the molecule is c1cc2c(c(OCCC3CCCO3)c1)CCCN2. The summed E-state index contributed by atoms with van der Waals surface area (Å²) in [6, 6.07) is 6.29. The van der Waals surface area contributed by atoms with Crippen LogP contribution < -0.4 is 10.1 Å². The van der Waals surface area contributed by atoms with E-state index in [1.54, 1.807) is 0 Å². The molecule has 0 amide bonds. The van der Waals surface area contributed by atoms with Gasteiger partial charge in [0.05, 0.1) is 12.7 Å². The van der Waals surface area contributed by atoms with Gasteiger partial charge >= 0.3 is 0 Å². The van der Waals surface area contributed by atoms with Crippen LogP contribution in [0.3, 0.4) is 0 Å². The maximum absolute atomic E-state index is 5.95. The van der Waals surface area contributed by atoms with Crippen LogP contribution in [0.4, 0.5) is 5.69 Å². The first-order chi connectivity index (χ1) is 8.93. The number of hydrogen-bond donors (Lipinski definition) is 1. The molecule has 0 bridgehead atoms. The largest absolute Gasteiger partial charge is 0.493 e. The van der Waals surface area contributed by atoms with Crippen molar-refractivity contribution in [2.75, 3.05) is 25.1 Å². The molecular weight excluding hydrogens is 226 g/mol. The summed E-state index contributed by atoms with van der Waals surface area (Å²) in [5, 5.41) is 3.43. The van der Waals surface area contributed by atoms with Crippen LogP contribution in [0.1, 0.15) is 31.2 Å². The molecule has 2 aliphatic heterocycles. The molecule has 1 aromatic rings. The minimum Gasteiger partial charge on any atom is -0.493 e. The van der Waals surface area contributed by atoms with Gasteiger partial charge in [0, 0.05) is 30.8 Å². The second-order valence-electron chi connectivity index (χ2n) is 5.08. The molecule has 3 rings (SSSR count). The Balaban J connectivity index is 1.58. The van der Waals surface area contributed by atoms with Crippen LogP contribution in [0, 0.1) is 0 Å².